The van der Waals surface area contributed by atoms with Gasteiger partial charge in [0, 0.05) is 0 Å². The fraction of sp³-hybridized carbons (Fsp3) is 0.667. The monoisotopic (exact) mass is 345 g/mol. The fourth-order valence-corrected chi connectivity index (χ4v) is 3.99. The number of ether oxygens (including phenoxy) is 1. The zero-order valence-corrected chi connectivity index (χ0v) is 14.0. The number of hydrogen-bond acceptors (Lipinski definition) is 5. The number of sulfonamides is 1. The Hall–Kier alpha value is -1.38. The summed E-state index contributed by atoms with van der Waals surface area (Å²) < 4.78 is 37.2. The number of nitrogens with one attached hydrogen (secondary N) is 1. The lowest BCUT2D eigenvalue weighted by atomic mass is 10.2. The van der Waals surface area contributed by atoms with E-state index in [9.17, 15) is 13.2 Å². The molecule has 1 fully saturated rings. The van der Waals surface area contributed by atoms with Gasteiger partial charge in [-0.3, -0.25) is 0 Å². The Bertz CT molecular complexity index is 618. The summed E-state index contributed by atoms with van der Waals surface area (Å²) in [5, 5.41) is 8.95. The molecule has 2 N–H and O–H groups in total. The van der Waals surface area contributed by atoms with Crippen LogP contribution in [0.15, 0.2) is 16.7 Å². The van der Waals surface area contributed by atoms with Crippen LogP contribution in [0.1, 0.15) is 48.7 Å². The summed E-state index contributed by atoms with van der Waals surface area (Å²) in [5.41, 5.74) is -0.0367. The molecular weight excluding hydrogens is 322 g/mol. The first-order valence-corrected chi connectivity index (χ1v) is 9.41. The first kappa shape index (κ1) is 18.0. The second-order valence-electron chi connectivity index (χ2n) is 6.01. The topological polar surface area (TPSA) is 106 Å². The van der Waals surface area contributed by atoms with Crippen LogP contribution in [0.5, 0.6) is 0 Å². The van der Waals surface area contributed by atoms with E-state index >= 15 is 0 Å². The molecule has 0 spiro atoms. The zero-order chi connectivity index (χ0) is 16.9. The number of aromatic carboxylic acids is 1. The number of carboxylic acids is 1. The molecular formula is C15H23NO6S. The van der Waals surface area contributed by atoms with Crippen molar-refractivity contribution in [2.24, 2.45) is 5.92 Å². The van der Waals surface area contributed by atoms with Crippen molar-refractivity contribution < 1.29 is 27.5 Å². The maximum atomic E-state index is 12.1. The number of furan rings is 1. The summed E-state index contributed by atoms with van der Waals surface area (Å²) in [6.45, 7) is 2.06. The second kappa shape index (κ2) is 7.94. The van der Waals surface area contributed by atoms with E-state index in [0.717, 1.165) is 12.8 Å². The van der Waals surface area contributed by atoms with Crippen molar-refractivity contribution in [1.29, 1.82) is 0 Å². The molecule has 0 radical (unpaired) electrons. The molecule has 0 aromatic carbocycles. The molecule has 23 heavy (non-hydrogen) atoms. The van der Waals surface area contributed by atoms with E-state index in [2.05, 4.69) is 4.72 Å². The lowest BCUT2D eigenvalue weighted by molar-refractivity contribution is 0.0412. The largest absolute Gasteiger partial charge is 0.478 e. The van der Waals surface area contributed by atoms with Crippen LogP contribution in [0, 0.1) is 5.92 Å². The highest BCUT2D eigenvalue weighted by Gasteiger charge is 2.21. The molecule has 1 saturated carbocycles. The third-order valence-corrected chi connectivity index (χ3v) is 5.44. The van der Waals surface area contributed by atoms with Crippen LogP contribution in [-0.4, -0.2) is 38.0 Å². The Kier molecular flexibility index (Phi) is 6.20. The van der Waals surface area contributed by atoms with Crippen molar-refractivity contribution in [1.82, 2.24) is 4.72 Å². The Morgan fingerprint density at radius 1 is 1.48 bits per heavy atom. The van der Waals surface area contributed by atoms with Crippen molar-refractivity contribution in [3.05, 3.63) is 23.7 Å². The quantitative estimate of drug-likeness (QED) is 0.709. The van der Waals surface area contributed by atoms with Gasteiger partial charge in [0.15, 0.2) is 0 Å². The lowest BCUT2D eigenvalue weighted by Gasteiger charge is -2.16. The van der Waals surface area contributed by atoms with Gasteiger partial charge < -0.3 is 14.3 Å². The molecule has 1 aromatic rings. The number of carbonyl (C=O) groups is 1. The Morgan fingerprint density at radius 2 is 2.17 bits per heavy atom. The summed E-state index contributed by atoms with van der Waals surface area (Å²) in [5.74, 6) is -1.26. The molecule has 0 bridgehead atoms. The molecule has 0 saturated heterocycles. The van der Waals surface area contributed by atoms with E-state index in [1.54, 1.807) is 0 Å². The summed E-state index contributed by atoms with van der Waals surface area (Å²) >= 11 is 0. The molecule has 1 aliphatic rings. The first-order valence-electron chi connectivity index (χ1n) is 7.76. The third kappa shape index (κ3) is 5.63. The minimum absolute atomic E-state index is 0.0367. The average Bonchev–Trinajstić information content (AvgIpc) is 3.14. The predicted molar refractivity (Wildman–Crippen MR) is 83.7 cm³/mol. The van der Waals surface area contributed by atoms with Crippen LogP contribution in [-0.2, 0) is 21.3 Å². The van der Waals surface area contributed by atoms with Gasteiger partial charge in [-0.1, -0.05) is 19.8 Å². The molecule has 1 atom stereocenters. The second-order valence-corrected chi connectivity index (χ2v) is 7.86. The number of carboxylic acid groups (broad SMARTS) is 1. The smallest absolute Gasteiger partial charge is 0.339 e. The van der Waals surface area contributed by atoms with E-state index in [1.165, 1.54) is 25.2 Å². The Balaban J connectivity index is 1.79. The molecule has 1 aliphatic carbocycles. The molecule has 1 aromatic heterocycles. The molecule has 0 aliphatic heterocycles. The SMILES string of the molecule is CC(COC1CCCC1)CS(=O)(=O)NCc1occc1C(=O)O. The van der Waals surface area contributed by atoms with Gasteiger partial charge in [-0.25, -0.2) is 17.9 Å². The maximum absolute atomic E-state index is 12.1. The average molecular weight is 345 g/mol. The molecule has 1 heterocycles. The van der Waals surface area contributed by atoms with Crippen molar-refractivity contribution in [3.63, 3.8) is 0 Å². The Labute approximate surface area is 136 Å². The van der Waals surface area contributed by atoms with E-state index in [0.29, 0.717) is 6.61 Å². The van der Waals surface area contributed by atoms with Gasteiger partial charge in [0.05, 0.1) is 31.3 Å². The summed E-state index contributed by atoms with van der Waals surface area (Å²) in [7, 11) is -3.53. The Morgan fingerprint density at radius 3 is 2.83 bits per heavy atom. The van der Waals surface area contributed by atoms with Gasteiger partial charge in [-0.05, 0) is 24.8 Å². The van der Waals surface area contributed by atoms with Gasteiger partial charge in [0.1, 0.15) is 11.3 Å². The van der Waals surface area contributed by atoms with Crippen LogP contribution in [0.3, 0.4) is 0 Å². The first-order chi connectivity index (χ1) is 10.9. The van der Waals surface area contributed by atoms with Gasteiger partial charge >= 0.3 is 5.97 Å². The van der Waals surface area contributed by atoms with Gasteiger partial charge in [0.25, 0.3) is 0 Å². The van der Waals surface area contributed by atoms with Gasteiger partial charge in [-0.2, -0.15) is 0 Å². The van der Waals surface area contributed by atoms with E-state index < -0.39 is 16.0 Å². The standard InChI is InChI=1S/C15H23NO6S/c1-11(9-22-12-4-2-3-5-12)10-23(19,20)16-8-14-13(15(17)18)6-7-21-14/h6-7,11-12,16H,2-5,8-10H2,1H3,(H,17,18). The van der Waals surface area contributed by atoms with E-state index in [4.69, 9.17) is 14.3 Å². The molecule has 2 rings (SSSR count). The van der Waals surface area contributed by atoms with E-state index in [-0.39, 0.29) is 35.6 Å². The third-order valence-electron chi connectivity index (χ3n) is 3.85. The van der Waals surface area contributed by atoms with Crippen molar-refractivity contribution in [3.8, 4) is 0 Å². The van der Waals surface area contributed by atoms with Crippen molar-refractivity contribution >= 4 is 16.0 Å². The van der Waals surface area contributed by atoms with Gasteiger partial charge in [0.2, 0.25) is 10.0 Å². The van der Waals surface area contributed by atoms with E-state index in [1.807, 2.05) is 6.92 Å². The predicted octanol–water partition coefficient (Wildman–Crippen LogP) is 1.99. The minimum Gasteiger partial charge on any atom is -0.478 e. The van der Waals surface area contributed by atoms with Crippen LogP contribution < -0.4 is 4.72 Å². The highest BCUT2D eigenvalue weighted by molar-refractivity contribution is 7.89. The van der Waals surface area contributed by atoms with Crippen molar-refractivity contribution in [2.45, 2.75) is 45.3 Å². The molecule has 0 amide bonds. The fourth-order valence-electron chi connectivity index (χ4n) is 2.68. The minimum atomic E-state index is -3.53. The molecule has 1 unspecified atom stereocenters. The summed E-state index contributed by atoms with van der Waals surface area (Å²) in [6.07, 6.45) is 5.93. The normalized spacial score (nSPS) is 17.4. The zero-order valence-electron chi connectivity index (χ0n) is 13.2. The summed E-state index contributed by atoms with van der Waals surface area (Å²) in [4.78, 5) is 10.9. The van der Waals surface area contributed by atoms with Crippen LogP contribution in [0.4, 0.5) is 0 Å². The van der Waals surface area contributed by atoms with Crippen LogP contribution in [0.2, 0.25) is 0 Å². The maximum Gasteiger partial charge on any atom is 0.339 e. The summed E-state index contributed by atoms with van der Waals surface area (Å²) in [6, 6.07) is 1.30. The number of hydrogen-bond donors (Lipinski definition) is 2. The van der Waals surface area contributed by atoms with Crippen molar-refractivity contribution in [2.75, 3.05) is 12.4 Å². The number of rotatable bonds is 9. The molecule has 7 nitrogen and oxygen atoms in total. The van der Waals surface area contributed by atoms with Crippen LogP contribution in [0.25, 0.3) is 0 Å². The highest BCUT2D eigenvalue weighted by atomic mass is 32.2. The highest BCUT2D eigenvalue weighted by Crippen LogP contribution is 2.21. The molecule has 130 valence electrons. The lowest BCUT2D eigenvalue weighted by Crippen LogP contribution is -2.31. The van der Waals surface area contributed by atoms with Gasteiger partial charge in [-0.15, -0.1) is 0 Å². The molecule has 8 heteroatoms. The van der Waals surface area contributed by atoms with Crippen LogP contribution >= 0.6 is 0 Å².